The maximum Gasteiger partial charge on any atom is 0.326 e. The van der Waals surface area contributed by atoms with Crippen LogP contribution in [-0.2, 0) is 25.6 Å². The molecule has 0 spiro atoms. The fraction of sp³-hybridized carbons (Fsp3) is 0.615. The van der Waals surface area contributed by atoms with Crippen LogP contribution in [0, 0.1) is 5.92 Å². The molecule has 1 aromatic rings. The number of aliphatic carboxylic acids is 1. The van der Waals surface area contributed by atoms with Crippen molar-refractivity contribution in [1.29, 1.82) is 0 Å². The van der Waals surface area contributed by atoms with Gasteiger partial charge in [0.1, 0.15) is 23.9 Å². The second-order valence-electron chi connectivity index (χ2n) is 9.72. The van der Waals surface area contributed by atoms with E-state index in [-0.39, 0.29) is 30.4 Å². The number of carboxylic acid groups (broad SMARTS) is 1. The number of rotatable bonds is 14. The average molecular weight is 520 g/mol. The van der Waals surface area contributed by atoms with Gasteiger partial charge in [-0.15, -0.1) is 0 Å². The number of carbonyl (C=O) groups is 4. The predicted octanol–water partition coefficient (Wildman–Crippen LogP) is 0.482. The number of nitrogens with zero attached hydrogens (tertiary/aromatic N) is 1. The number of likely N-dealkylation sites (tertiary alicyclic amines) is 1. The van der Waals surface area contributed by atoms with E-state index in [2.05, 4.69) is 10.6 Å². The van der Waals surface area contributed by atoms with Gasteiger partial charge in [0.25, 0.3) is 0 Å². The van der Waals surface area contributed by atoms with E-state index >= 15 is 0 Å². The number of carboxylic acids is 1. The summed E-state index contributed by atoms with van der Waals surface area (Å²) >= 11 is 0. The van der Waals surface area contributed by atoms with Gasteiger partial charge in [-0.3, -0.25) is 14.4 Å². The van der Waals surface area contributed by atoms with Crippen LogP contribution in [-0.4, -0.2) is 76.1 Å². The van der Waals surface area contributed by atoms with Crippen molar-refractivity contribution in [3.8, 4) is 5.75 Å². The van der Waals surface area contributed by atoms with Crippen LogP contribution in [0.1, 0.15) is 57.9 Å². The van der Waals surface area contributed by atoms with Crippen LogP contribution >= 0.6 is 0 Å². The molecule has 0 bridgehead atoms. The highest BCUT2D eigenvalue weighted by Gasteiger charge is 2.38. The summed E-state index contributed by atoms with van der Waals surface area (Å²) in [5, 5.41) is 24.4. The second-order valence-corrected chi connectivity index (χ2v) is 9.72. The van der Waals surface area contributed by atoms with E-state index in [9.17, 15) is 29.4 Å². The number of phenolic OH excluding ortho intramolecular Hbond substituents is 1. The Morgan fingerprint density at radius 3 is 2.38 bits per heavy atom. The number of nitrogens with one attached hydrogen (secondary N) is 2. The molecule has 3 amide bonds. The average Bonchev–Trinajstić information content (AvgIpc) is 3.37. The van der Waals surface area contributed by atoms with E-state index in [0.717, 1.165) is 6.42 Å². The van der Waals surface area contributed by atoms with Gasteiger partial charge in [0, 0.05) is 13.0 Å². The largest absolute Gasteiger partial charge is 0.508 e. The Kier molecular flexibility index (Phi) is 11.8. The SMILES string of the molecule is CCC(C)C(N)C(=O)N1CCCC1C(=O)NC(Cc1ccc(O)cc1)C(=O)NC(CCCCN)C(=O)O. The molecule has 0 aromatic heterocycles. The minimum Gasteiger partial charge on any atom is -0.508 e. The summed E-state index contributed by atoms with van der Waals surface area (Å²) < 4.78 is 0. The Labute approximate surface area is 217 Å². The highest BCUT2D eigenvalue weighted by Crippen LogP contribution is 2.21. The zero-order chi connectivity index (χ0) is 27.5. The number of amides is 3. The topological polar surface area (TPSA) is 188 Å². The molecule has 5 unspecified atom stereocenters. The zero-order valence-electron chi connectivity index (χ0n) is 21.7. The molecule has 1 saturated heterocycles. The lowest BCUT2D eigenvalue weighted by atomic mass is 9.98. The Morgan fingerprint density at radius 1 is 1.11 bits per heavy atom. The summed E-state index contributed by atoms with van der Waals surface area (Å²) in [7, 11) is 0. The van der Waals surface area contributed by atoms with Crippen LogP contribution < -0.4 is 22.1 Å². The predicted molar refractivity (Wildman–Crippen MR) is 138 cm³/mol. The van der Waals surface area contributed by atoms with Crippen molar-refractivity contribution in [2.45, 2.75) is 83.0 Å². The van der Waals surface area contributed by atoms with Crippen LogP contribution in [0.3, 0.4) is 0 Å². The fourth-order valence-corrected chi connectivity index (χ4v) is 4.36. The van der Waals surface area contributed by atoms with E-state index in [4.69, 9.17) is 11.5 Å². The lowest BCUT2D eigenvalue weighted by Crippen LogP contribution is -2.57. The minimum absolute atomic E-state index is 0.0444. The van der Waals surface area contributed by atoms with Gasteiger partial charge in [0.15, 0.2) is 0 Å². The lowest BCUT2D eigenvalue weighted by Gasteiger charge is -2.30. The summed E-state index contributed by atoms with van der Waals surface area (Å²) in [6.07, 6.45) is 3.22. The third-order valence-corrected chi connectivity index (χ3v) is 6.95. The smallest absolute Gasteiger partial charge is 0.326 e. The number of hydrogen-bond acceptors (Lipinski definition) is 7. The number of nitrogens with two attached hydrogens (primary N) is 2. The van der Waals surface area contributed by atoms with Crippen LogP contribution in [0.2, 0.25) is 0 Å². The standard InChI is InChI=1S/C26H41N5O6/c1-3-16(2)22(28)25(35)31-14-6-8-21(31)24(34)30-20(15-17-9-11-18(32)12-10-17)23(33)29-19(26(36)37)7-4-5-13-27/h9-12,16,19-22,32H,3-8,13-15,27-28H2,1-2H3,(H,29,33)(H,30,34)(H,36,37). The van der Waals surface area contributed by atoms with Gasteiger partial charge >= 0.3 is 5.97 Å². The first-order valence-electron chi connectivity index (χ1n) is 13.0. The van der Waals surface area contributed by atoms with Gasteiger partial charge in [0.2, 0.25) is 17.7 Å². The molecule has 0 radical (unpaired) electrons. The molecule has 1 aliphatic heterocycles. The number of benzene rings is 1. The summed E-state index contributed by atoms with van der Waals surface area (Å²) in [4.78, 5) is 52.7. The quantitative estimate of drug-likeness (QED) is 0.191. The van der Waals surface area contributed by atoms with Crippen molar-refractivity contribution < 1.29 is 29.4 Å². The van der Waals surface area contributed by atoms with Crippen LogP contribution in [0.4, 0.5) is 0 Å². The van der Waals surface area contributed by atoms with Crippen molar-refractivity contribution in [1.82, 2.24) is 15.5 Å². The lowest BCUT2D eigenvalue weighted by molar-refractivity contribution is -0.143. The first kappa shape index (κ1) is 30.0. The molecule has 0 saturated carbocycles. The maximum absolute atomic E-state index is 13.3. The van der Waals surface area contributed by atoms with E-state index in [0.29, 0.717) is 44.3 Å². The van der Waals surface area contributed by atoms with Gasteiger partial charge in [-0.1, -0.05) is 32.4 Å². The van der Waals surface area contributed by atoms with Crippen LogP contribution in [0.15, 0.2) is 24.3 Å². The molecule has 206 valence electrons. The van der Waals surface area contributed by atoms with Crippen LogP contribution in [0.25, 0.3) is 0 Å². The number of aromatic hydroxyl groups is 1. The Bertz CT molecular complexity index is 925. The van der Waals surface area contributed by atoms with Crippen molar-refractivity contribution in [2.24, 2.45) is 17.4 Å². The molecule has 11 heteroatoms. The van der Waals surface area contributed by atoms with Crippen molar-refractivity contribution in [3.05, 3.63) is 29.8 Å². The summed E-state index contributed by atoms with van der Waals surface area (Å²) in [6, 6.07) is 2.46. The molecule has 1 aliphatic rings. The molecule has 8 N–H and O–H groups in total. The molecular formula is C26H41N5O6. The Morgan fingerprint density at radius 2 is 1.78 bits per heavy atom. The highest BCUT2D eigenvalue weighted by atomic mass is 16.4. The van der Waals surface area contributed by atoms with Gasteiger partial charge in [-0.05, 0) is 62.3 Å². The minimum atomic E-state index is -1.17. The van der Waals surface area contributed by atoms with Crippen molar-refractivity contribution in [2.75, 3.05) is 13.1 Å². The molecule has 37 heavy (non-hydrogen) atoms. The monoisotopic (exact) mass is 519 g/mol. The number of carbonyl (C=O) groups excluding carboxylic acids is 3. The fourth-order valence-electron chi connectivity index (χ4n) is 4.36. The first-order chi connectivity index (χ1) is 17.6. The highest BCUT2D eigenvalue weighted by molar-refractivity contribution is 5.94. The molecule has 11 nitrogen and oxygen atoms in total. The van der Waals surface area contributed by atoms with E-state index in [1.54, 1.807) is 12.1 Å². The normalized spacial score (nSPS) is 18.5. The summed E-state index contributed by atoms with van der Waals surface area (Å²) in [5.74, 6) is -2.59. The van der Waals surface area contributed by atoms with Crippen LogP contribution in [0.5, 0.6) is 5.75 Å². The third-order valence-electron chi connectivity index (χ3n) is 6.95. The number of unbranched alkanes of at least 4 members (excludes halogenated alkanes) is 1. The number of phenols is 1. The van der Waals surface area contributed by atoms with Gasteiger partial charge in [0.05, 0.1) is 6.04 Å². The molecular weight excluding hydrogens is 478 g/mol. The van der Waals surface area contributed by atoms with Gasteiger partial charge in [-0.25, -0.2) is 4.79 Å². The van der Waals surface area contributed by atoms with Gasteiger partial charge in [-0.2, -0.15) is 0 Å². The third kappa shape index (κ3) is 8.71. The molecule has 1 aromatic carbocycles. The second kappa shape index (κ2) is 14.5. The molecule has 2 rings (SSSR count). The van der Waals surface area contributed by atoms with Crippen molar-refractivity contribution >= 4 is 23.7 Å². The first-order valence-corrected chi connectivity index (χ1v) is 13.0. The molecule has 5 atom stereocenters. The van der Waals surface area contributed by atoms with Gasteiger partial charge < -0.3 is 37.2 Å². The molecule has 0 aliphatic carbocycles. The molecule has 1 heterocycles. The number of hydrogen-bond donors (Lipinski definition) is 6. The van der Waals surface area contributed by atoms with E-state index in [1.807, 2.05) is 13.8 Å². The van der Waals surface area contributed by atoms with E-state index < -0.39 is 42.0 Å². The zero-order valence-corrected chi connectivity index (χ0v) is 21.7. The maximum atomic E-state index is 13.3. The summed E-state index contributed by atoms with van der Waals surface area (Å²) in [6.45, 7) is 4.65. The van der Waals surface area contributed by atoms with E-state index in [1.165, 1.54) is 17.0 Å². The summed E-state index contributed by atoms with van der Waals surface area (Å²) in [5.41, 5.74) is 12.3. The Hall–Kier alpha value is -3.18. The Balaban J connectivity index is 2.20. The molecule has 1 fully saturated rings. The van der Waals surface area contributed by atoms with Crippen molar-refractivity contribution in [3.63, 3.8) is 0 Å².